The topological polar surface area (TPSA) is 56.6 Å². The molecule has 1 heterocycles. The van der Waals surface area contributed by atoms with Crippen LogP contribution in [-0.2, 0) is 6.42 Å². The van der Waals surface area contributed by atoms with Gasteiger partial charge in [0, 0.05) is 23.4 Å². The van der Waals surface area contributed by atoms with Crippen LogP contribution in [0.2, 0.25) is 15.1 Å². The van der Waals surface area contributed by atoms with Crippen molar-refractivity contribution in [2.45, 2.75) is 6.42 Å². The van der Waals surface area contributed by atoms with Gasteiger partial charge in [-0.05, 0) is 17.7 Å². The summed E-state index contributed by atoms with van der Waals surface area (Å²) in [5.41, 5.74) is 1.60. The number of hydrogen-bond acceptors (Lipinski definition) is 2. The zero-order valence-electron chi connectivity index (χ0n) is 9.51. The van der Waals surface area contributed by atoms with Crippen LogP contribution in [0.25, 0.3) is 11.1 Å². The third kappa shape index (κ3) is 2.93. The summed E-state index contributed by atoms with van der Waals surface area (Å²) in [5.74, 6) is 0. The van der Waals surface area contributed by atoms with E-state index in [1.807, 2.05) is 6.07 Å². The maximum absolute atomic E-state index is 11.3. The molecule has 96 valence electrons. The summed E-state index contributed by atoms with van der Waals surface area (Å²) in [6, 6.07) is 6.53. The minimum Gasteiger partial charge on any atom is -0.328 e. The lowest BCUT2D eigenvalue weighted by atomic mass is 10.0. The fraction of sp³-hybridized carbons (Fsp3) is 0.0769. The molecule has 0 radical (unpaired) electrons. The molecule has 1 N–H and O–H groups in total. The molecule has 1 aromatic carbocycles. The molecule has 3 nitrogen and oxygen atoms in total. The van der Waals surface area contributed by atoms with Crippen LogP contribution in [0, 0.1) is 11.3 Å². The smallest absolute Gasteiger partial charge is 0.248 e. The number of halogens is 3. The van der Waals surface area contributed by atoms with Crippen molar-refractivity contribution in [1.29, 1.82) is 5.26 Å². The second kappa shape index (κ2) is 5.66. The second-order valence-electron chi connectivity index (χ2n) is 3.82. The largest absolute Gasteiger partial charge is 0.328 e. The van der Waals surface area contributed by atoms with E-state index in [1.165, 1.54) is 18.3 Å². The highest BCUT2D eigenvalue weighted by Gasteiger charge is 2.12. The van der Waals surface area contributed by atoms with Crippen LogP contribution in [0.15, 0.2) is 29.2 Å². The average molecular weight is 314 g/mol. The van der Waals surface area contributed by atoms with Gasteiger partial charge in [0.05, 0.1) is 27.6 Å². The van der Waals surface area contributed by atoms with Gasteiger partial charge < -0.3 is 4.98 Å². The summed E-state index contributed by atoms with van der Waals surface area (Å²) >= 11 is 18.0. The fourth-order valence-electron chi connectivity index (χ4n) is 1.72. The lowest BCUT2D eigenvalue weighted by molar-refractivity contribution is 1.17. The Bertz CT molecular complexity index is 732. The van der Waals surface area contributed by atoms with Crippen LogP contribution >= 0.6 is 34.8 Å². The van der Waals surface area contributed by atoms with Crippen molar-refractivity contribution in [2.24, 2.45) is 0 Å². The highest BCUT2D eigenvalue weighted by Crippen LogP contribution is 2.36. The Balaban J connectivity index is 2.69. The Kier molecular flexibility index (Phi) is 4.16. The van der Waals surface area contributed by atoms with Crippen LogP contribution in [0.1, 0.15) is 5.56 Å². The molecule has 2 aromatic rings. The minimum absolute atomic E-state index is 0.107. The first kappa shape index (κ1) is 14.0. The Morgan fingerprint density at radius 3 is 2.42 bits per heavy atom. The van der Waals surface area contributed by atoms with Gasteiger partial charge in [0.2, 0.25) is 5.56 Å². The normalized spacial score (nSPS) is 10.2. The molecule has 0 aliphatic rings. The Labute approximate surface area is 124 Å². The van der Waals surface area contributed by atoms with Gasteiger partial charge in [0.1, 0.15) is 0 Å². The standard InChI is InChI=1S/C13H7Cl3N2O/c14-10-5-12(16)11(15)4-8(10)9-6-18-13(19)3-7(9)1-2-17/h3-6H,1H2,(H,18,19). The zero-order valence-corrected chi connectivity index (χ0v) is 11.8. The van der Waals surface area contributed by atoms with Gasteiger partial charge in [-0.25, -0.2) is 0 Å². The molecule has 0 atom stereocenters. The number of nitrogens with one attached hydrogen (secondary N) is 1. The predicted molar refractivity (Wildman–Crippen MR) is 76.8 cm³/mol. The van der Waals surface area contributed by atoms with Gasteiger partial charge in [0.25, 0.3) is 0 Å². The van der Waals surface area contributed by atoms with Gasteiger partial charge in [0.15, 0.2) is 0 Å². The minimum atomic E-state index is -0.273. The number of aromatic nitrogens is 1. The molecule has 0 saturated carbocycles. The second-order valence-corrected chi connectivity index (χ2v) is 5.04. The fourth-order valence-corrected chi connectivity index (χ4v) is 2.37. The number of aromatic amines is 1. The number of benzene rings is 1. The first-order chi connectivity index (χ1) is 9.02. The first-order valence-corrected chi connectivity index (χ1v) is 6.40. The van der Waals surface area contributed by atoms with Crippen LogP contribution in [0.5, 0.6) is 0 Å². The number of rotatable bonds is 2. The molecule has 2 rings (SSSR count). The molecule has 0 amide bonds. The van der Waals surface area contributed by atoms with Gasteiger partial charge in [-0.15, -0.1) is 0 Å². The van der Waals surface area contributed by atoms with E-state index in [0.717, 1.165) is 0 Å². The van der Waals surface area contributed by atoms with E-state index in [4.69, 9.17) is 40.1 Å². The van der Waals surface area contributed by atoms with E-state index in [1.54, 1.807) is 6.07 Å². The van der Waals surface area contributed by atoms with Crippen LogP contribution in [0.4, 0.5) is 0 Å². The number of nitriles is 1. The molecule has 19 heavy (non-hydrogen) atoms. The van der Waals surface area contributed by atoms with Crippen molar-refractivity contribution in [3.8, 4) is 17.2 Å². The van der Waals surface area contributed by atoms with E-state index in [2.05, 4.69) is 4.98 Å². The summed E-state index contributed by atoms with van der Waals surface area (Å²) in [5, 5.41) is 9.92. The summed E-state index contributed by atoms with van der Waals surface area (Å²) in [4.78, 5) is 13.9. The van der Waals surface area contributed by atoms with Gasteiger partial charge in [-0.3, -0.25) is 4.79 Å². The molecule has 0 bridgehead atoms. The quantitative estimate of drug-likeness (QED) is 0.850. The van der Waals surface area contributed by atoms with E-state index < -0.39 is 0 Å². The van der Waals surface area contributed by atoms with Crippen molar-refractivity contribution in [2.75, 3.05) is 0 Å². The van der Waals surface area contributed by atoms with Gasteiger partial charge >= 0.3 is 0 Å². The number of hydrogen-bond donors (Lipinski definition) is 1. The van der Waals surface area contributed by atoms with Crippen LogP contribution in [-0.4, -0.2) is 4.98 Å². The Morgan fingerprint density at radius 2 is 1.74 bits per heavy atom. The molecule has 1 aromatic heterocycles. The average Bonchev–Trinajstić information content (AvgIpc) is 2.35. The Morgan fingerprint density at radius 1 is 1.05 bits per heavy atom. The predicted octanol–water partition coefficient (Wildman–Crippen LogP) is 4.07. The molecule has 0 unspecified atom stereocenters. The zero-order chi connectivity index (χ0) is 14.0. The van der Waals surface area contributed by atoms with Gasteiger partial charge in [-0.2, -0.15) is 5.26 Å². The van der Waals surface area contributed by atoms with Gasteiger partial charge in [-0.1, -0.05) is 34.8 Å². The third-order valence-electron chi connectivity index (χ3n) is 2.58. The summed E-state index contributed by atoms with van der Waals surface area (Å²) in [6.07, 6.45) is 1.62. The van der Waals surface area contributed by atoms with Crippen LogP contribution in [0.3, 0.4) is 0 Å². The molecule has 0 aliphatic carbocycles. The molecule has 0 fully saturated rings. The molecule has 0 saturated heterocycles. The maximum atomic E-state index is 11.3. The monoisotopic (exact) mass is 312 g/mol. The lowest BCUT2D eigenvalue weighted by Crippen LogP contribution is -2.06. The number of H-pyrrole nitrogens is 1. The maximum Gasteiger partial charge on any atom is 0.248 e. The third-order valence-corrected chi connectivity index (χ3v) is 3.61. The highest BCUT2D eigenvalue weighted by molar-refractivity contribution is 6.44. The first-order valence-electron chi connectivity index (χ1n) is 5.26. The molecule has 0 spiro atoms. The number of nitrogens with zero attached hydrogens (tertiary/aromatic N) is 1. The summed E-state index contributed by atoms with van der Waals surface area (Å²) in [6.45, 7) is 0. The summed E-state index contributed by atoms with van der Waals surface area (Å²) < 4.78 is 0. The van der Waals surface area contributed by atoms with E-state index in [9.17, 15) is 4.79 Å². The van der Waals surface area contributed by atoms with E-state index >= 15 is 0 Å². The molecule has 6 heteroatoms. The van der Waals surface area contributed by atoms with Crippen molar-refractivity contribution in [3.63, 3.8) is 0 Å². The SMILES string of the molecule is N#CCc1cc(=O)[nH]cc1-c1cc(Cl)c(Cl)cc1Cl. The van der Waals surface area contributed by atoms with Crippen molar-refractivity contribution >= 4 is 34.8 Å². The van der Waals surface area contributed by atoms with Crippen molar-refractivity contribution in [1.82, 2.24) is 4.98 Å². The van der Waals surface area contributed by atoms with E-state index in [0.29, 0.717) is 31.8 Å². The van der Waals surface area contributed by atoms with Crippen LogP contribution < -0.4 is 5.56 Å². The Hall–Kier alpha value is -1.47. The molecular weight excluding hydrogens is 307 g/mol. The van der Waals surface area contributed by atoms with E-state index in [-0.39, 0.29) is 12.0 Å². The summed E-state index contributed by atoms with van der Waals surface area (Å²) in [7, 11) is 0. The van der Waals surface area contributed by atoms with Crippen molar-refractivity contribution < 1.29 is 0 Å². The molecule has 0 aliphatic heterocycles. The van der Waals surface area contributed by atoms with Crippen molar-refractivity contribution in [3.05, 3.63) is 55.4 Å². The lowest BCUT2D eigenvalue weighted by Gasteiger charge is -2.10. The highest BCUT2D eigenvalue weighted by atomic mass is 35.5. The molecular formula is C13H7Cl3N2O. The number of pyridine rings is 1.